The van der Waals surface area contributed by atoms with Crippen LogP contribution >= 0.6 is 0 Å². The van der Waals surface area contributed by atoms with Crippen LogP contribution in [0.2, 0.25) is 0 Å². The van der Waals surface area contributed by atoms with Gasteiger partial charge in [-0.1, -0.05) is 0 Å². The van der Waals surface area contributed by atoms with E-state index in [0.717, 1.165) is 0 Å². The van der Waals surface area contributed by atoms with E-state index < -0.39 is 0 Å². The second-order valence-electron chi connectivity index (χ2n) is 1.13. The molecule has 2 nitrogen and oxygen atoms in total. The summed E-state index contributed by atoms with van der Waals surface area (Å²) in [5.74, 6) is 0. The minimum atomic E-state index is 0.590. The Morgan fingerprint density at radius 2 is 2.71 bits per heavy atom. The summed E-state index contributed by atoms with van der Waals surface area (Å²) in [4.78, 5) is 4.74. The van der Waals surface area contributed by atoms with Gasteiger partial charge < -0.3 is 0 Å². The van der Waals surface area contributed by atoms with Gasteiger partial charge in [-0.3, -0.25) is 10.3 Å². The van der Waals surface area contributed by atoms with Gasteiger partial charge in [-0.25, -0.2) is 0 Å². The maximum atomic E-state index is 4.74. The van der Waals surface area contributed by atoms with Crippen molar-refractivity contribution in [2.75, 3.05) is 6.61 Å². The number of hydroxylamine groups is 1. The Bertz CT molecular complexity index is 84.3. The highest BCUT2D eigenvalue weighted by atomic mass is 16.6. The number of hydrogen-bond donors (Lipinski definition) is 1. The molecule has 1 heterocycles. The summed E-state index contributed by atoms with van der Waals surface area (Å²) in [5, 5.41) is 0. The lowest BCUT2D eigenvalue weighted by molar-refractivity contribution is 0.0968. The topological polar surface area (TPSA) is 21.3 Å². The van der Waals surface area contributed by atoms with E-state index in [2.05, 4.69) is 11.6 Å². The van der Waals surface area contributed by atoms with Crippen LogP contribution in [0.15, 0.2) is 18.4 Å². The fraction of sp³-hybridized carbons (Fsp3) is 0.200. The van der Waals surface area contributed by atoms with Gasteiger partial charge in [0.1, 0.15) is 0 Å². The molecular weight excluding hydrogens is 90.1 g/mol. The first-order valence-corrected chi connectivity index (χ1v) is 2.10. The Morgan fingerprint density at radius 3 is 3.71 bits per heavy atom. The zero-order valence-electron chi connectivity index (χ0n) is 3.85. The summed E-state index contributed by atoms with van der Waals surface area (Å²) >= 11 is 0. The molecule has 1 aliphatic heterocycles. The van der Waals surface area contributed by atoms with Crippen molar-refractivity contribution < 1.29 is 4.84 Å². The molecule has 0 saturated carbocycles. The number of allylic oxidation sites excluding steroid dienone is 2. The quantitative estimate of drug-likeness (QED) is 0.471. The standard InChI is InChI=1S/C5H6NO/c1-2-4-6-7-5-3-1/h2-4,6H,5H2. The van der Waals surface area contributed by atoms with Crippen LogP contribution in [0.5, 0.6) is 0 Å². The van der Waals surface area contributed by atoms with E-state index in [0.29, 0.717) is 6.61 Å². The van der Waals surface area contributed by atoms with Crippen molar-refractivity contribution in [3.63, 3.8) is 0 Å². The monoisotopic (exact) mass is 96.0 g/mol. The van der Waals surface area contributed by atoms with Gasteiger partial charge in [0.05, 0.1) is 6.61 Å². The molecule has 1 radical (unpaired) electrons. The second-order valence-corrected chi connectivity index (χ2v) is 1.13. The molecule has 7 heavy (non-hydrogen) atoms. The van der Waals surface area contributed by atoms with Gasteiger partial charge in [0.2, 0.25) is 0 Å². The van der Waals surface area contributed by atoms with Gasteiger partial charge in [0.15, 0.2) is 0 Å². The zero-order valence-corrected chi connectivity index (χ0v) is 3.85. The van der Waals surface area contributed by atoms with E-state index in [-0.39, 0.29) is 0 Å². The van der Waals surface area contributed by atoms with Gasteiger partial charge in [-0.05, 0) is 18.2 Å². The summed E-state index contributed by atoms with van der Waals surface area (Å²) in [6.07, 6.45) is 8.10. The number of hydrogen-bond acceptors (Lipinski definition) is 2. The predicted octanol–water partition coefficient (Wildman–Crippen LogP) is 0.394. The molecule has 1 N–H and O–H groups in total. The lowest BCUT2D eigenvalue weighted by atomic mass is 10.5. The smallest absolute Gasteiger partial charge is 0.0936 e. The Kier molecular flexibility index (Phi) is 1.52. The highest BCUT2D eigenvalue weighted by molar-refractivity contribution is 4.94. The summed E-state index contributed by atoms with van der Waals surface area (Å²) in [6, 6.07) is 0. The van der Waals surface area contributed by atoms with Gasteiger partial charge in [-0.2, -0.15) is 0 Å². The van der Waals surface area contributed by atoms with Crippen LogP contribution in [-0.4, -0.2) is 6.61 Å². The SMILES string of the molecule is [C]1=CCONC=C1. The molecule has 0 fully saturated rings. The van der Waals surface area contributed by atoms with E-state index in [1.807, 2.05) is 0 Å². The highest BCUT2D eigenvalue weighted by Crippen LogP contribution is 1.79. The lowest BCUT2D eigenvalue weighted by Crippen LogP contribution is -2.03. The summed E-state index contributed by atoms with van der Waals surface area (Å²) in [7, 11) is 0. The van der Waals surface area contributed by atoms with E-state index in [9.17, 15) is 0 Å². The van der Waals surface area contributed by atoms with Crippen molar-refractivity contribution in [3.05, 3.63) is 24.4 Å². The first-order valence-electron chi connectivity index (χ1n) is 2.10. The maximum Gasteiger partial charge on any atom is 0.0936 e. The fourth-order valence-corrected chi connectivity index (χ4v) is 0.336. The Balaban J connectivity index is 2.39. The molecule has 37 valence electrons. The lowest BCUT2D eigenvalue weighted by Gasteiger charge is -1.91. The van der Waals surface area contributed by atoms with Crippen LogP contribution in [0.25, 0.3) is 0 Å². The van der Waals surface area contributed by atoms with Crippen molar-refractivity contribution in [2.45, 2.75) is 0 Å². The highest BCUT2D eigenvalue weighted by Gasteiger charge is 1.78. The first-order chi connectivity index (χ1) is 3.50. The van der Waals surface area contributed by atoms with Crippen LogP contribution in [0.1, 0.15) is 0 Å². The average molecular weight is 96.1 g/mol. The van der Waals surface area contributed by atoms with E-state index in [4.69, 9.17) is 4.84 Å². The second kappa shape index (κ2) is 2.42. The van der Waals surface area contributed by atoms with Crippen molar-refractivity contribution in [3.8, 4) is 0 Å². The molecule has 0 aromatic heterocycles. The summed E-state index contributed by atoms with van der Waals surface area (Å²) < 4.78 is 0. The van der Waals surface area contributed by atoms with Crippen molar-refractivity contribution in [1.29, 1.82) is 0 Å². The van der Waals surface area contributed by atoms with E-state index in [1.54, 1.807) is 18.4 Å². The molecule has 0 saturated heterocycles. The average Bonchev–Trinajstić information content (AvgIpc) is 1.90. The Labute approximate surface area is 42.4 Å². The molecule has 0 aromatic carbocycles. The number of nitrogens with one attached hydrogen (secondary N) is 1. The third kappa shape index (κ3) is 1.41. The molecule has 1 rings (SSSR count). The van der Waals surface area contributed by atoms with Crippen molar-refractivity contribution in [2.24, 2.45) is 0 Å². The van der Waals surface area contributed by atoms with Gasteiger partial charge in [0.25, 0.3) is 0 Å². The first kappa shape index (κ1) is 4.40. The van der Waals surface area contributed by atoms with Crippen LogP contribution < -0.4 is 5.48 Å². The maximum absolute atomic E-state index is 4.74. The third-order valence-electron chi connectivity index (χ3n) is 0.615. The molecule has 1 aliphatic rings. The molecule has 0 spiro atoms. The van der Waals surface area contributed by atoms with Crippen LogP contribution in [-0.2, 0) is 4.84 Å². The predicted molar refractivity (Wildman–Crippen MR) is 26.0 cm³/mol. The summed E-state index contributed by atoms with van der Waals surface area (Å²) in [6.45, 7) is 0.590. The largest absolute Gasteiger partial charge is 0.274 e. The van der Waals surface area contributed by atoms with Crippen molar-refractivity contribution in [1.82, 2.24) is 5.48 Å². The fourth-order valence-electron chi connectivity index (χ4n) is 0.336. The molecule has 0 aliphatic carbocycles. The summed E-state index contributed by atoms with van der Waals surface area (Å²) in [5.41, 5.74) is 2.57. The van der Waals surface area contributed by atoms with E-state index in [1.165, 1.54) is 0 Å². The minimum Gasteiger partial charge on any atom is -0.274 e. The molecule has 0 atom stereocenters. The zero-order chi connectivity index (χ0) is 4.95. The Hall–Kier alpha value is -0.760. The normalized spacial score (nSPS) is 18.3. The van der Waals surface area contributed by atoms with Gasteiger partial charge in [0, 0.05) is 6.20 Å². The van der Waals surface area contributed by atoms with Gasteiger partial charge in [-0.15, -0.1) is 0 Å². The minimum absolute atomic E-state index is 0.590. The molecule has 2 heteroatoms. The Morgan fingerprint density at radius 1 is 1.71 bits per heavy atom. The molecule has 0 amide bonds. The third-order valence-corrected chi connectivity index (χ3v) is 0.615. The van der Waals surface area contributed by atoms with Crippen LogP contribution in [0, 0.1) is 6.08 Å². The van der Waals surface area contributed by atoms with Crippen molar-refractivity contribution >= 4 is 0 Å². The molecule has 0 bridgehead atoms. The molecule has 0 aromatic rings. The molecule has 0 unspecified atom stereocenters. The van der Waals surface area contributed by atoms with Gasteiger partial charge >= 0.3 is 0 Å². The van der Waals surface area contributed by atoms with E-state index >= 15 is 0 Å². The molecular formula is C5H6NO. The van der Waals surface area contributed by atoms with Crippen LogP contribution in [0.4, 0.5) is 0 Å². The number of rotatable bonds is 0. The van der Waals surface area contributed by atoms with Crippen LogP contribution in [0.3, 0.4) is 0 Å².